The fourth-order valence-corrected chi connectivity index (χ4v) is 2.50. The molecule has 2 heterocycles. The van der Waals surface area contributed by atoms with E-state index < -0.39 is 5.97 Å². The molecule has 0 fully saturated rings. The number of carboxylic acids is 1. The Bertz CT molecular complexity index is 506. The summed E-state index contributed by atoms with van der Waals surface area (Å²) in [5.41, 5.74) is 0.329. The van der Waals surface area contributed by atoms with Gasteiger partial charge in [0.05, 0.1) is 12.1 Å². The number of hydrogen-bond acceptors (Lipinski definition) is 6. The van der Waals surface area contributed by atoms with Gasteiger partial charge in [-0.05, 0) is 13.0 Å². The largest absolute Gasteiger partial charge is 0.478 e. The minimum absolute atomic E-state index is 0.329. The lowest BCUT2D eigenvalue weighted by molar-refractivity contribution is 0.0697. The Hall–Kier alpha value is -1.47. The van der Waals surface area contributed by atoms with Gasteiger partial charge in [0.15, 0.2) is 0 Å². The molecular formula is C9H9N3O2S2. The molecule has 0 atom stereocenters. The van der Waals surface area contributed by atoms with Gasteiger partial charge in [-0.25, -0.2) is 4.79 Å². The number of nitrogens with one attached hydrogen (secondary N) is 1. The molecule has 0 spiro atoms. The summed E-state index contributed by atoms with van der Waals surface area (Å²) >= 11 is 2.89. The molecule has 0 aliphatic rings. The highest BCUT2D eigenvalue weighted by Crippen LogP contribution is 2.18. The van der Waals surface area contributed by atoms with Crippen LogP contribution in [-0.2, 0) is 6.54 Å². The third-order valence-corrected chi connectivity index (χ3v) is 3.57. The molecule has 0 amide bonds. The lowest BCUT2D eigenvalue weighted by atomic mass is 10.3. The van der Waals surface area contributed by atoms with Crippen LogP contribution in [0, 0.1) is 6.92 Å². The van der Waals surface area contributed by atoms with Crippen molar-refractivity contribution in [1.29, 1.82) is 0 Å². The third kappa shape index (κ3) is 2.56. The number of aromatic nitrogens is 2. The summed E-state index contributed by atoms with van der Waals surface area (Å²) in [6, 6.07) is 1.66. The topological polar surface area (TPSA) is 75.1 Å². The van der Waals surface area contributed by atoms with Crippen molar-refractivity contribution in [2.24, 2.45) is 0 Å². The fraction of sp³-hybridized carbons (Fsp3) is 0.222. The molecule has 2 aromatic rings. The first kappa shape index (κ1) is 11.0. The predicted octanol–water partition coefficient (Wildman–Crippen LogP) is 2.22. The summed E-state index contributed by atoms with van der Waals surface area (Å²) in [6.45, 7) is 2.46. The number of rotatable bonds is 4. The molecule has 2 rings (SSSR count). The number of aryl methyl sites for hydroxylation is 1. The van der Waals surface area contributed by atoms with Crippen molar-refractivity contribution in [3.63, 3.8) is 0 Å². The molecule has 5 nitrogen and oxygen atoms in total. The molecule has 0 saturated heterocycles. The Balaban J connectivity index is 1.97. The lowest BCUT2D eigenvalue weighted by Gasteiger charge is -1.97. The molecule has 0 saturated carbocycles. The first-order chi connectivity index (χ1) is 7.65. The van der Waals surface area contributed by atoms with E-state index in [2.05, 4.69) is 15.5 Å². The maximum Gasteiger partial charge on any atom is 0.336 e. The average molecular weight is 255 g/mol. The van der Waals surface area contributed by atoms with Gasteiger partial charge in [0.1, 0.15) is 5.01 Å². The zero-order chi connectivity index (χ0) is 11.5. The van der Waals surface area contributed by atoms with E-state index in [1.165, 1.54) is 22.7 Å². The number of thiophene rings is 1. The summed E-state index contributed by atoms with van der Waals surface area (Å²) in [7, 11) is 0. The molecule has 16 heavy (non-hydrogen) atoms. The van der Waals surface area contributed by atoms with Crippen LogP contribution < -0.4 is 5.32 Å². The molecule has 84 valence electrons. The van der Waals surface area contributed by atoms with Crippen LogP contribution in [0.1, 0.15) is 20.2 Å². The summed E-state index contributed by atoms with van der Waals surface area (Å²) in [6.07, 6.45) is 0. The molecule has 0 aliphatic carbocycles. The van der Waals surface area contributed by atoms with Crippen LogP contribution in [0.2, 0.25) is 0 Å². The van der Waals surface area contributed by atoms with Crippen molar-refractivity contribution in [3.05, 3.63) is 26.9 Å². The van der Waals surface area contributed by atoms with Gasteiger partial charge >= 0.3 is 5.97 Å². The standard InChI is InChI=1S/C9H9N3O2S2/c1-5-11-12-9(16-5)10-3-7-2-6(4-15-7)8(13)14/h2,4H,3H2,1H3,(H,10,12)(H,13,14). The summed E-state index contributed by atoms with van der Waals surface area (Å²) in [5, 5.41) is 22.9. The second-order valence-electron chi connectivity index (χ2n) is 3.09. The van der Waals surface area contributed by atoms with Gasteiger partial charge in [0.2, 0.25) is 5.13 Å². The smallest absolute Gasteiger partial charge is 0.336 e. The van der Waals surface area contributed by atoms with Crippen LogP contribution in [0.5, 0.6) is 0 Å². The van der Waals surface area contributed by atoms with Crippen molar-refractivity contribution < 1.29 is 9.90 Å². The van der Waals surface area contributed by atoms with E-state index in [1.807, 2.05) is 6.92 Å². The van der Waals surface area contributed by atoms with Crippen molar-refractivity contribution >= 4 is 33.8 Å². The highest BCUT2D eigenvalue weighted by molar-refractivity contribution is 7.15. The van der Waals surface area contributed by atoms with Gasteiger partial charge in [-0.1, -0.05) is 11.3 Å². The van der Waals surface area contributed by atoms with Crippen molar-refractivity contribution in [3.8, 4) is 0 Å². The Kier molecular flexibility index (Phi) is 3.16. The van der Waals surface area contributed by atoms with Crippen LogP contribution in [0.4, 0.5) is 5.13 Å². The molecule has 2 aromatic heterocycles. The Labute approximate surface area is 99.8 Å². The van der Waals surface area contributed by atoms with Crippen molar-refractivity contribution in [2.75, 3.05) is 5.32 Å². The summed E-state index contributed by atoms with van der Waals surface area (Å²) in [4.78, 5) is 11.6. The molecule has 0 aliphatic heterocycles. The van der Waals surface area contributed by atoms with Gasteiger partial charge in [0, 0.05) is 10.3 Å². The molecule has 0 bridgehead atoms. The number of carboxylic acid groups (broad SMARTS) is 1. The monoisotopic (exact) mass is 255 g/mol. The van der Waals surface area contributed by atoms with Crippen LogP contribution in [-0.4, -0.2) is 21.3 Å². The quantitative estimate of drug-likeness (QED) is 0.876. The fourth-order valence-electron chi connectivity index (χ4n) is 1.12. The predicted molar refractivity (Wildman–Crippen MR) is 63.3 cm³/mol. The number of anilines is 1. The maximum absolute atomic E-state index is 10.7. The Morgan fingerprint density at radius 2 is 2.38 bits per heavy atom. The number of hydrogen-bond donors (Lipinski definition) is 2. The molecule has 0 aromatic carbocycles. The minimum atomic E-state index is -0.894. The van der Waals surface area contributed by atoms with E-state index in [0.29, 0.717) is 12.1 Å². The maximum atomic E-state index is 10.7. The van der Waals surface area contributed by atoms with E-state index in [-0.39, 0.29) is 0 Å². The highest BCUT2D eigenvalue weighted by Gasteiger charge is 2.06. The molecule has 2 N–H and O–H groups in total. The van der Waals surface area contributed by atoms with Crippen LogP contribution in [0.25, 0.3) is 0 Å². The zero-order valence-corrected chi connectivity index (χ0v) is 10.1. The van der Waals surface area contributed by atoms with E-state index in [0.717, 1.165) is 15.0 Å². The summed E-state index contributed by atoms with van der Waals surface area (Å²) in [5.74, 6) is -0.894. The van der Waals surface area contributed by atoms with Crippen LogP contribution in [0.3, 0.4) is 0 Å². The van der Waals surface area contributed by atoms with Gasteiger partial charge in [-0.3, -0.25) is 0 Å². The second kappa shape index (κ2) is 4.58. The first-order valence-electron chi connectivity index (χ1n) is 4.50. The highest BCUT2D eigenvalue weighted by atomic mass is 32.1. The SMILES string of the molecule is Cc1nnc(NCc2cc(C(=O)O)cs2)s1. The zero-order valence-electron chi connectivity index (χ0n) is 8.43. The van der Waals surface area contributed by atoms with E-state index in [1.54, 1.807) is 11.4 Å². The second-order valence-corrected chi connectivity index (χ2v) is 5.26. The van der Waals surface area contributed by atoms with Gasteiger partial charge in [-0.2, -0.15) is 0 Å². The normalized spacial score (nSPS) is 10.3. The van der Waals surface area contributed by atoms with Crippen molar-refractivity contribution in [1.82, 2.24) is 10.2 Å². The van der Waals surface area contributed by atoms with Gasteiger partial charge in [0.25, 0.3) is 0 Å². The van der Waals surface area contributed by atoms with E-state index >= 15 is 0 Å². The molecular weight excluding hydrogens is 246 g/mol. The minimum Gasteiger partial charge on any atom is -0.478 e. The van der Waals surface area contributed by atoms with Gasteiger partial charge < -0.3 is 10.4 Å². The van der Waals surface area contributed by atoms with Crippen LogP contribution >= 0.6 is 22.7 Å². The Morgan fingerprint density at radius 3 is 2.94 bits per heavy atom. The first-order valence-corrected chi connectivity index (χ1v) is 6.19. The Morgan fingerprint density at radius 1 is 1.56 bits per heavy atom. The number of carbonyl (C=O) groups is 1. The lowest BCUT2D eigenvalue weighted by Crippen LogP contribution is -1.97. The third-order valence-electron chi connectivity index (χ3n) is 1.84. The number of aromatic carboxylic acids is 1. The van der Waals surface area contributed by atoms with Crippen molar-refractivity contribution in [2.45, 2.75) is 13.5 Å². The van der Waals surface area contributed by atoms with E-state index in [9.17, 15) is 4.79 Å². The van der Waals surface area contributed by atoms with Gasteiger partial charge in [-0.15, -0.1) is 21.5 Å². The number of nitrogens with zero attached hydrogens (tertiary/aromatic N) is 2. The molecule has 0 radical (unpaired) electrons. The molecule has 7 heteroatoms. The van der Waals surface area contributed by atoms with Crippen LogP contribution in [0.15, 0.2) is 11.4 Å². The van der Waals surface area contributed by atoms with E-state index in [4.69, 9.17) is 5.11 Å². The average Bonchev–Trinajstić information content (AvgIpc) is 2.83. The molecule has 0 unspecified atom stereocenters. The summed E-state index contributed by atoms with van der Waals surface area (Å²) < 4.78 is 0.